The smallest absolute Gasteiger partial charge is 0.306 e. The first-order valence-electron chi connectivity index (χ1n) is 13.0. The molecule has 2 heterocycles. The summed E-state index contributed by atoms with van der Waals surface area (Å²) in [5, 5.41) is 12.4. The van der Waals surface area contributed by atoms with Crippen molar-refractivity contribution in [3.05, 3.63) is 76.1 Å². The maximum atomic E-state index is 15.3. The van der Waals surface area contributed by atoms with Crippen LogP contribution >= 0.6 is 0 Å². The monoisotopic (exact) mass is 528 g/mol. The third-order valence-corrected chi connectivity index (χ3v) is 7.63. The summed E-state index contributed by atoms with van der Waals surface area (Å²) in [6, 6.07) is 13.1. The van der Waals surface area contributed by atoms with Crippen molar-refractivity contribution in [2.75, 3.05) is 13.7 Å². The molecular weight excluding hydrogens is 499 g/mol. The van der Waals surface area contributed by atoms with Crippen LogP contribution in [0.3, 0.4) is 0 Å². The van der Waals surface area contributed by atoms with E-state index in [-0.39, 0.29) is 24.1 Å². The molecule has 0 spiro atoms. The number of carbonyl (C=O) groups excluding carboxylic acids is 1. The number of rotatable bonds is 6. The van der Waals surface area contributed by atoms with Gasteiger partial charge in [-0.15, -0.1) is 10.2 Å². The Hall–Kier alpha value is -4.27. The van der Waals surface area contributed by atoms with Crippen molar-refractivity contribution in [3.63, 3.8) is 0 Å². The van der Waals surface area contributed by atoms with Crippen molar-refractivity contribution in [1.29, 1.82) is 0 Å². The quantitative estimate of drug-likeness (QED) is 0.310. The van der Waals surface area contributed by atoms with E-state index < -0.39 is 6.10 Å². The molecule has 0 saturated heterocycles. The number of hydrogen-bond donors (Lipinski definition) is 0. The maximum absolute atomic E-state index is 15.3. The summed E-state index contributed by atoms with van der Waals surface area (Å²) >= 11 is 0. The molecule has 0 N–H and O–H groups in total. The first kappa shape index (κ1) is 25.0. The van der Waals surface area contributed by atoms with Gasteiger partial charge in [-0.3, -0.25) is 4.79 Å². The van der Waals surface area contributed by atoms with Gasteiger partial charge in [0.15, 0.2) is 0 Å². The Morgan fingerprint density at radius 1 is 1.15 bits per heavy atom. The largest absolute Gasteiger partial charge is 0.492 e. The van der Waals surface area contributed by atoms with Gasteiger partial charge in [0.1, 0.15) is 23.4 Å². The van der Waals surface area contributed by atoms with Gasteiger partial charge in [-0.2, -0.15) is 4.80 Å². The zero-order valence-electron chi connectivity index (χ0n) is 22.3. The van der Waals surface area contributed by atoms with Crippen molar-refractivity contribution >= 4 is 5.97 Å². The molecule has 8 nitrogen and oxygen atoms in total. The average Bonchev–Trinajstić information content (AvgIpc) is 3.64. The van der Waals surface area contributed by atoms with Crippen molar-refractivity contribution in [1.82, 2.24) is 20.2 Å². The molecule has 1 unspecified atom stereocenters. The van der Waals surface area contributed by atoms with Crippen LogP contribution in [0, 0.1) is 19.7 Å². The predicted octanol–water partition coefficient (Wildman–Crippen LogP) is 5.41. The topological polar surface area (TPSA) is 88.4 Å². The van der Waals surface area contributed by atoms with Crippen LogP contribution in [-0.2, 0) is 23.0 Å². The van der Waals surface area contributed by atoms with Gasteiger partial charge in [-0.05, 0) is 84.0 Å². The fourth-order valence-corrected chi connectivity index (χ4v) is 5.89. The molecular formula is C30H29FN4O4. The van der Waals surface area contributed by atoms with Gasteiger partial charge in [-0.25, -0.2) is 4.39 Å². The molecule has 0 amide bonds. The van der Waals surface area contributed by atoms with Crippen LogP contribution < -0.4 is 9.47 Å². The number of halogens is 1. The summed E-state index contributed by atoms with van der Waals surface area (Å²) in [7, 11) is 3.12. The molecule has 2 atom stereocenters. The molecule has 200 valence electrons. The number of aromatic nitrogens is 4. The number of aryl methyl sites for hydroxylation is 3. The molecule has 2 aliphatic rings. The second-order valence-electron chi connectivity index (χ2n) is 10.2. The number of methoxy groups -OCH3 is 1. The molecule has 0 fully saturated rings. The summed E-state index contributed by atoms with van der Waals surface area (Å²) < 4.78 is 32.2. The Morgan fingerprint density at radius 3 is 2.67 bits per heavy atom. The lowest BCUT2D eigenvalue weighted by Crippen LogP contribution is -2.09. The van der Waals surface area contributed by atoms with Crippen LogP contribution in [0.5, 0.6) is 11.5 Å². The van der Waals surface area contributed by atoms with E-state index in [0.29, 0.717) is 42.3 Å². The second-order valence-corrected chi connectivity index (χ2v) is 10.2. The molecule has 39 heavy (non-hydrogen) atoms. The standard InChI is InChI=1S/C30H29FN4O4/c1-16-11-18(30-32-34-35(3)33-30)12-17(2)28(16)22-7-9-24(31)29-23(22)8-10-25(29)39-20-5-6-21-19(13-27(36)37-4)15-38-26(21)14-20/h5-7,9,11-12,14,19,25H,8,10,13,15H2,1-4H3/t19?,25-/m1/s1. The molecule has 9 heteroatoms. The number of esters is 1. The van der Waals surface area contributed by atoms with Gasteiger partial charge in [0.25, 0.3) is 0 Å². The van der Waals surface area contributed by atoms with Crippen LogP contribution in [0.1, 0.15) is 52.7 Å². The van der Waals surface area contributed by atoms with E-state index in [1.165, 1.54) is 18.0 Å². The first-order chi connectivity index (χ1) is 18.8. The minimum absolute atomic E-state index is 0.0451. The van der Waals surface area contributed by atoms with Gasteiger partial charge in [0, 0.05) is 28.7 Å². The van der Waals surface area contributed by atoms with Crippen molar-refractivity contribution in [2.45, 2.75) is 45.1 Å². The molecule has 1 aliphatic heterocycles. The molecule has 4 aromatic rings. The molecule has 0 saturated carbocycles. The van der Waals surface area contributed by atoms with Gasteiger partial charge in [0.05, 0.1) is 27.2 Å². The molecule has 1 aromatic heterocycles. The molecule has 6 rings (SSSR count). The lowest BCUT2D eigenvalue weighted by molar-refractivity contribution is -0.141. The first-order valence-corrected chi connectivity index (χ1v) is 13.0. The number of benzene rings is 3. The predicted molar refractivity (Wildman–Crippen MR) is 142 cm³/mol. The van der Waals surface area contributed by atoms with Gasteiger partial charge in [-0.1, -0.05) is 12.1 Å². The second kappa shape index (κ2) is 9.80. The highest BCUT2D eigenvalue weighted by atomic mass is 19.1. The highest BCUT2D eigenvalue weighted by Gasteiger charge is 2.32. The van der Waals surface area contributed by atoms with E-state index in [4.69, 9.17) is 14.2 Å². The highest BCUT2D eigenvalue weighted by Crippen LogP contribution is 2.45. The SMILES string of the molecule is COC(=O)CC1COc2cc(O[C@@H]3CCc4c(-c5c(C)cc(-c6nnn(C)n6)cc5C)ccc(F)c43)ccc21. The zero-order chi connectivity index (χ0) is 27.3. The molecule has 0 bridgehead atoms. The summed E-state index contributed by atoms with van der Waals surface area (Å²) in [6.07, 6.45) is 1.24. The van der Waals surface area contributed by atoms with Gasteiger partial charge >= 0.3 is 5.97 Å². The van der Waals surface area contributed by atoms with E-state index in [0.717, 1.165) is 38.9 Å². The van der Waals surface area contributed by atoms with Crippen molar-refractivity contribution in [2.24, 2.45) is 7.05 Å². The van der Waals surface area contributed by atoms with Crippen LogP contribution in [0.15, 0.2) is 42.5 Å². The minimum atomic E-state index is -0.408. The molecule has 0 radical (unpaired) electrons. The Bertz CT molecular complexity index is 1580. The molecule has 1 aliphatic carbocycles. The van der Waals surface area contributed by atoms with Gasteiger partial charge < -0.3 is 14.2 Å². The minimum Gasteiger partial charge on any atom is -0.492 e. The summed E-state index contributed by atoms with van der Waals surface area (Å²) in [5.41, 5.74) is 7.67. The number of tetrazole rings is 1. The van der Waals surface area contributed by atoms with E-state index in [1.807, 2.05) is 24.3 Å². The van der Waals surface area contributed by atoms with Crippen LogP contribution in [0.25, 0.3) is 22.5 Å². The number of ether oxygens (including phenoxy) is 3. The lowest BCUT2D eigenvalue weighted by atomic mass is 9.89. The zero-order valence-corrected chi connectivity index (χ0v) is 22.3. The Kier molecular flexibility index (Phi) is 6.29. The highest BCUT2D eigenvalue weighted by molar-refractivity contribution is 5.78. The van der Waals surface area contributed by atoms with Crippen molar-refractivity contribution < 1.29 is 23.4 Å². The van der Waals surface area contributed by atoms with Crippen LogP contribution in [0.4, 0.5) is 4.39 Å². The number of hydrogen-bond acceptors (Lipinski definition) is 7. The third kappa shape index (κ3) is 4.51. The number of fused-ring (bicyclic) bond motifs is 2. The third-order valence-electron chi connectivity index (χ3n) is 7.63. The van der Waals surface area contributed by atoms with E-state index in [1.54, 1.807) is 7.05 Å². The Balaban J connectivity index is 1.29. The number of carbonyl (C=O) groups is 1. The van der Waals surface area contributed by atoms with Crippen molar-refractivity contribution in [3.8, 4) is 34.0 Å². The lowest BCUT2D eigenvalue weighted by Gasteiger charge is -2.19. The fourth-order valence-electron chi connectivity index (χ4n) is 5.89. The Morgan fingerprint density at radius 2 is 1.95 bits per heavy atom. The number of nitrogens with zero attached hydrogens (tertiary/aromatic N) is 4. The normalized spacial score (nSPS) is 17.5. The average molecular weight is 529 g/mol. The maximum Gasteiger partial charge on any atom is 0.306 e. The molecule has 3 aromatic carbocycles. The fraction of sp³-hybridized carbons (Fsp3) is 0.333. The summed E-state index contributed by atoms with van der Waals surface area (Å²) in [4.78, 5) is 13.2. The van der Waals surface area contributed by atoms with E-state index in [2.05, 4.69) is 41.4 Å². The van der Waals surface area contributed by atoms with Gasteiger partial charge in [0.2, 0.25) is 5.82 Å². The van der Waals surface area contributed by atoms with Crippen LogP contribution in [-0.4, -0.2) is 39.9 Å². The van der Waals surface area contributed by atoms with E-state index >= 15 is 4.39 Å². The van der Waals surface area contributed by atoms with Crippen LogP contribution in [0.2, 0.25) is 0 Å². The summed E-state index contributed by atoms with van der Waals surface area (Å²) in [5.74, 6) is 1.30. The van der Waals surface area contributed by atoms with E-state index in [9.17, 15) is 4.79 Å². The summed E-state index contributed by atoms with van der Waals surface area (Å²) in [6.45, 7) is 4.53. The Labute approximate surface area is 225 Å².